The normalized spacial score (nSPS) is 28.6. The highest BCUT2D eigenvalue weighted by Crippen LogP contribution is 2.22. The lowest BCUT2D eigenvalue weighted by molar-refractivity contribution is 0.141. The summed E-state index contributed by atoms with van der Waals surface area (Å²) >= 11 is 0. The smallest absolute Gasteiger partial charge is 0.0198 e. The van der Waals surface area contributed by atoms with E-state index in [0.29, 0.717) is 6.04 Å². The van der Waals surface area contributed by atoms with Gasteiger partial charge in [0.1, 0.15) is 0 Å². The third kappa shape index (κ3) is 4.71. The molecule has 118 valence electrons. The Morgan fingerprint density at radius 2 is 1.80 bits per heavy atom. The molecule has 3 heteroatoms. The van der Waals surface area contributed by atoms with Crippen LogP contribution in [0.2, 0.25) is 0 Å². The Kier molecular flexibility index (Phi) is 6.79. The highest BCUT2D eigenvalue weighted by molar-refractivity contribution is 4.85. The summed E-state index contributed by atoms with van der Waals surface area (Å²) in [5.41, 5.74) is 0. The molecule has 2 aliphatic heterocycles. The van der Waals surface area contributed by atoms with Crippen LogP contribution in [0.25, 0.3) is 0 Å². The summed E-state index contributed by atoms with van der Waals surface area (Å²) < 4.78 is 0. The second kappa shape index (κ2) is 8.35. The van der Waals surface area contributed by atoms with E-state index in [2.05, 4.69) is 35.9 Å². The molecule has 0 bridgehead atoms. The van der Waals surface area contributed by atoms with Gasteiger partial charge in [-0.25, -0.2) is 0 Å². The first-order chi connectivity index (χ1) is 9.72. The molecule has 20 heavy (non-hydrogen) atoms. The van der Waals surface area contributed by atoms with Crippen molar-refractivity contribution >= 4 is 0 Å². The van der Waals surface area contributed by atoms with Gasteiger partial charge in [-0.1, -0.05) is 13.8 Å². The molecule has 3 nitrogen and oxygen atoms in total. The Bertz CT molecular complexity index is 261. The van der Waals surface area contributed by atoms with Crippen LogP contribution in [0, 0.1) is 5.92 Å². The number of hydrogen-bond acceptors (Lipinski definition) is 3. The van der Waals surface area contributed by atoms with Crippen LogP contribution in [0.3, 0.4) is 0 Å². The Morgan fingerprint density at radius 3 is 2.45 bits per heavy atom. The van der Waals surface area contributed by atoms with Crippen molar-refractivity contribution in [1.29, 1.82) is 0 Å². The molecular formula is C17H35N3. The van der Waals surface area contributed by atoms with Crippen molar-refractivity contribution in [3.8, 4) is 0 Å². The molecule has 0 spiro atoms. The van der Waals surface area contributed by atoms with Crippen LogP contribution in [0.5, 0.6) is 0 Å². The molecule has 2 heterocycles. The quantitative estimate of drug-likeness (QED) is 0.807. The molecular weight excluding hydrogens is 246 g/mol. The van der Waals surface area contributed by atoms with Crippen LogP contribution >= 0.6 is 0 Å². The van der Waals surface area contributed by atoms with Crippen molar-refractivity contribution in [3.63, 3.8) is 0 Å². The van der Waals surface area contributed by atoms with E-state index >= 15 is 0 Å². The summed E-state index contributed by atoms with van der Waals surface area (Å²) in [7, 11) is 0. The molecule has 2 unspecified atom stereocenters. The highest BCUT2D eigenvalue weighted by Gasteiger charge is 2.26. The van der Waals surface area contributed by atoms with Crippen LogP contribution in [0.1, 0.15) is 52.9 Å². The molecule has 0 radical (unpaired) electrons. The number of likely N-dealkylation sites (N-methyl/N-ethyl adjacent to an activating group) is 1. The average molecular weight is 281 g/mol. The van der Waals surface area contributed by atoms with Crippen LogP contribution in [-0.4, -0.2) is 61.2 Å². The lowest BCUT2D eigenvalue weighted by Crippen LogP contribution is -2.51. The van der Waals surface area contributed by atoms with E-state index in [-0.39, 0.29) is 0 Å². The van der Waals surface area contributed by atoms with Crippen molar-refractivity contribution in [2.45, 2.75) is 65.0 Å². The van der Waals surface area contributed by atoms with E-state index in [4.69, 9.17) is 0 Å². The Morgan fingerprint density at radius 1 is 1.05 bits per heavy atom. The monoisotopic (exact) mass is 281 g/mol. The van der Waals surface area contributed by atoms with Gasteiger partial charge in [-0.3, -0.25) is 0 Å². The van der Waals surface area contributed by atoms with Crippen molar-refractivity contribution in [2.75, 3.05) is 39.3 Å². The number of rotatable bonds is 6. The standard InChI is InChI=1S/C17H35N3/c1-4-10-20-12-8-16(9-13-20)15(3)18-17-7-6-11-19(5-2)14-17/h15-18H,4-14H2,1-3H3. The second-order valence-electron chi connectivity index (χ2n) is 6.87. The zero-order valence-electron chi connectivity index (χ0n) is 13.9. The Labute approximate surface area is 126 Å². The molecule has 2 atom stereocenters. The molecule has 2 fully saturated rings. The van der Waals surface area contributed by atoms with Crippen molar-refractivity contribution in [3.05, 3.63) is 0 Å². The summed E-state index contributed by atoms with van der Waals surface area (Å²) in [6, 6.07) is 1.42. The molecule has 2 aliphatic rings. The van der Waals surface area contributed by atoms with Gasteiger partial charge in [0.25, 0.3) is 0 Å². The maximum Gasteiger partial charge on any atom is 0.0198 e. The minimum absolute atomic E-state index is 0.695. The molecule has 0 saturated carbocycles. The van der Waals surface area contributed by atoms with Gasteiger partial charge in [-0.2, -0.15) is 0 Å². The predicted octanol–water partition coefficient (Wildman–Crippen LogP) is 2.57. The van der Waals surface area contributed by atoms with Crippen LogP contribution in [0.15, 0.2) is 0 Å². The predicted molar refractivity (Wildman–Crippen MR) is 87.2 cm³/mol. The largest absolute Gasteiger partial charge is 0.310 e. The fourth-order valence-electron chi connectivity index (χ4n) is 3.98. The number of hydrogen-bond donors (Lipinski definition) is 1. The zero-order chi connectivity index (χ0) is 14.4. The number of nitrogens with zero attached hydrogens (tertiary/aromatic N) is 2. The number of nitrogens with one attached hydrogen (secondary N) is 1. The molecule has 0 amide bonds. The third-order valence-electron chi connectivity index (χ3n) is 5.33. The molecule has 0 aromatic rings. The molecule has 0 aromatic heterocycles. The summed E-state index contributed by atoms with van der Waals surface area (Å²) in [5.74, 6) is 0.889. The van der Waals surface area contributed by atoms with E-state index < -0.39 is 0 Å². The van der Waals surface area contributed by atoms with E-state index in [9.17, 15) is 0 Å². The average Bonchev–Trinajstić information content (AvgIpc) is 2.48. The van der Waals surface area contributed by atoms with Crippen LogP contribution < -0.4 is 5.32 Å². The van der Waals surface area contributed by atoms with Crippen LogP contribution in [-0.2, 0) is 0 Å². The fourth-order valence-corrected chi connectivity index (χ4v) is 3.98. The van der Waals surface area contributed by atoms with E-state index in [1.54, 1.807) is 0 Å². The van der Waals surface area contributed by atoms with Gasteiger partial charge in [-0.15, -0.1) is 0 Å². The topological polar surface area (TPSA) is 18.5 Å². The summed E-state index contributed by atoms with van der Waals surface area (Å²) in [6.45, 7) is 14.7. The lowest BCUT2D eigenvalue weighted by atomic mass is 9.89. The van der Waals surface area contributed by atoms with Gasteiger partial charge in [-0.05, 0) is 77.7 Å². The van der Waals surface area contributed by atoms with Crippen molar-refractivity contribution < 1.29 is 0 Å². The molecule has 2 rings (SSSR count). The molecule has 0 aliphatic carbocycles. The first-order valence-corrected chi connectivity index (χ1v) is 8.93. The zero-order valence-corrected chi connectivity index (χ0v) is 13.9. The number of likely N-dealkylation sites (tertiary alicyclic amines) is 2. The van der Waals surface area contributed by atoms with E-state index in [1.165, 1.54) is 71.4 Å². The molecule has 1 N–H and O–H groups in total. The van der Waals surface area contributed by atoms with Gasteiger partial charge in [0.15, 0.2) is 0 Å². The molecule has 0 aromatic carbocycles. The van der Waals surface area contributed by atoms with Crippen molar-refractivity contribution in [1.82, 2.24) is 15.1 Å². The van der Waals surface area contributed by atoms with Gasteiger partial charge in [0.2, 0.25) is 0 Å². The second-order valence-corrected chi connectivity index (χ2v) is 6.87. The first kappa shape index (κ1) is 16.3. The summed E-state index contributed by atoms with van der Waals surface area (Å²) in [5, 5.41) is 3.94. The minimum atomic E-state index is 0.695. The maximum atomic E-state index is 3.94. The van der Waals surface area contributed by atoms with E-state index in [1.807, 2.05) is 0 Å². The van der Waals surface area contributed by atoms with Gasteiger partial charge in [0.05, 0.1) is 0 Å². The lowest BCUT2D eigenvalue weighted by Gasteiger charge is -2.39. The SMILES string of the molecule is CCCN1CCC(C(C)NC2CCCN(CC)C2)CC1. The maximum absolute atomic E-state index is 3.94. The number of piperidine rings is 2. The highest BCUT2D eigenvalue weighted by atomic mass is 15.2. The van der Waals surface area contributed by atoms with Gasteiger partial charge < -0.3 is 15.1 Å². The van der Waals surface area contributed by atoms with Crippen molar-refractivity contribution in [2.24, 2.45) is 5.92 Å². The third-order valence-corrected chi connectivity index (χ3v) is 5.33. The minimum Gasteiger partial charge on any atom is -0.310 e. The van der Waals surface area contributed by atoms with Crippen LogP contribution in [0.4, 0.5) is 0 Å². The Hall–Kier alpha value is -0.120. The molecule has 2 saturated heterocycles. The Balaban J connectivity index is 1.71. The van der Waals surface area contributed by atoms with Gasteiger partial charge >= 0.3 is 0 Å². The van der Waals surface area contributed by atoms with E-state index in [0.717, 1.165) is 12.0 Å². The first-order valence-electron chi connectivity index (χ1n) is 8.93. The van der Waals surface area contributed by atoms with Gasteiger partial charge in [0, 0.05) is 18.6 Å². The fraction of sp³-hybridized carbons (Fsp3) is 1.00. The summed E-state index contributed by atoms with van der Waals surface area (Å²) in [4.78, 5) is 5.24. The summed E-state index contributed by atoms with van der Waals surface area (Å²) in [6.07, 6.45) is 6.81.